The number of rotatable bonds is 6. The monoisotopic (exact) mass is 421 g/mol. The Labute approximate surface area is 186 Å². The number of carbonyl (C=O) groups excluding carboxylic acids is 2. The van der Waals surface area contributed by atoms with E-state index in [1.54, 1.807) is 6.07 Å². The van der Waals surface area contributed by atoms with Gasteiger partial charge in [-0.25, -0.2) is 0 Å². The van der Waals surface area contributed by atoms with E-state index in [2.05, 4.69) is 36.3 Å². The highest BCUT2D eigenvalue weighted by Gasteiger charge is 2.21. The molecule has 0 saturated carbocycles. The molecule has 166 valence electrons. The summed E-state index contributed by atoms with van der Waals surface area (Å²) >= 11 is 0. The van der Waals surface area contributed by atoms with E-state index in [9.17, 15) is 9.59 Å². The molecule has 2 N–H and O–H groups in total. The predicted molar refractivity (Wildman–Crippen MR) is 128 cm³/mol. The van der Waals surface area contributed by atoms with Crippen LogP contribution in [0, 0.1) is 0 Å². The number of hydrogen-bond donors (Lipinski definition) is 2. The first kappa shape index (κ1) is 22.9. The van der Waals surface area contributed by atoms with Gasteiger partial charge in [-0.05, 0) is 67.5 Å². The van der Waals surface area contributed by atoms with Crippen molar-refractivity contribution < 1.29 is 9.59 Å². The SMILES string of the molecule is CC[C@@H](C)NC(=O)c1cc(NC(=O)c2ccc(C(C)(C)C)cc2)ccc1N1CCCC1. The minimum Gasteiger partial charge on any atom is -0.371 e. The van der Waals surface area contributed by atoms with Crippen LogP contribution in [0.15, 0.2) is 42.5 Å². The standard InChI is InChI=1S/C26H35N3O2/c1-6-18(2)27-25(31)22-17-21(13-14-23(22)29-15-7-8-16-29)28-24(30)19-9-11-20(12-10-19)26(3,4)5/h9-14,17-18H,6-8,15-16H2,1-5H3,(H,27,31)(H,28,30)/t18-/m1/s1. The van der Waals surface area contributed by atoms with Crippen molar-refractivity contribution in [2.45, 2.75) is 65.3 Å². The summed E-state index contributed by atoms with van der Waals surface area (Å²) < 4.78 is 0. The fourth-order valence-electron chi connectivity index (χ4n) is 3.76. The zero-order valence-corrected chi connectivity index (χ0v) is 19.4. The molecule has 0 aromatic heterocycles. The maximum atomic E-state index is 13.0. The lowest BCUT2D eigenvalue weighted by atomic mass is 9.87. The van der Waals surface area contributed by atoms with Gasteiger partial charge in [0.2, 0.25) is 0 Å². The van der Waals surface area contributed by atoms with E-state index in [4.69, 9.17) is 0 Å². The summed E-state index contributed by atoms with van der Waals surface area (Å²) in [7, 11) is 0. The molecule has 2 amide bonds. The summed E-state index contributed by atoms with van der Waals surface area (Å²) in [6, 6.07) is 13.4. The van der Waals surface area contributed by atoms with Crippen molar-refractivity contribution in [1.82, 2.24) is 5.32 Å². The van der Waals surface area contributed by atoms with E-state index in [1.165, 1.54) is 5.56 Å². The van der Waals surface area contributed by atoms with Gasteiger partial charge < -0.3 is 15.5 Å². The van der Waals surface area contributed by atoms with E-state index in [0.29, 0.717) is 16.8 Å². The van der Waals surface area contributed by atoms with Gasteiger partial charge in [0.25, 0.3) is 11.8 Å². The van der Waals surface area contributed by atoms with Gasteiger partial charge in [0.15, 0.2) is 0 Å². The highest BCUT2D eigenvalue weighted by Crippen LogP contribution is 2.28. The Kier molecular flexibility index (Phi) is 7.04. The zero-order chi connectivity index (χ0) is 22.6. The normalized spacial score (nSPS) is 14.9. The largest absolute Gasteiger partial charge is 0.371 e. The zero-order valence-electron chi connectivity index (χ0n) is 19.4. The minimum atomic E-state index is -0.178. The Morgan fingerprint density at radius 1 is 1.00 bits per heavy atom. The van der Waals surface area contributed by atoms with Crippen LogP contribution in [0.1, 0.15) is 80.2 Å². The van der Waals surface area contributed by atoms with Crippen LogP contribution in [-0.2, 0) is 5.41 Å². The Balaban J connectivity index is 1.83. The number of amides is 2. The van der Waals surface area contributed by atoms with Crippen LogP contribution < -0.4 is 15.5 Å². The van der Waals surface area contributed by atoms with Crippen molar-refractivity contribution in [3.63, 3.8) is 0 Å². The predicted octanol–water partition coefficient (Wildman–Crippen LogP) is 5.36. The van der Waals surface area contributed by atoms with E-state index in [0.717, 1.165) is 38.0 Å². The minimum absolute atomic E-state index is 0.0400. The van der Waals surface area contributed by atoms with Crippen molar-refractivity contribution >= 4 is 23.2 Å². The fourth-order valence-corrected chi connectivity index (χ4v) is 3.76. The average molecular weight is 422 g/mol. The summed E-state index contributed by atoms with van der Waals surface area (Å²) in [4.78, 5) is 28.0. The van der Waals surface area contributed by atoms with Crippen molar-refractivity contribution in [3.05, 3.63) is 59.2 Å². The molecule has 3 rings (SSSR count). The summed E-state index contributed by atoms with van der Waals surface area (Å²) in [5.74, 6) is -0.274. The van der Waals surface area contributed by atoms with Gasteiger partial charge in [0, 0.05) is 36.1 Å². The molecule has 0 radical (unpaired) electrons. The first-order valence-electron chi connectivity index (χ1n) is 11.3. The maximum absolute atomic E-state index is 13.0. The van der Waals surface area contributed by atoms with Gasteiger partial charge in [-0.15, -0.1) is 0 Å². The highest BCUT2D eigenvalue weighted by atomic mass is 16.2. The molecule has 1 atom stereocenters. The van der Waals surface area contributed by atoms with Crippen molar-refractivity contribution in [2.75, 3.05) is 23.3 Å². The molecule has 31 heavy (non-hydrogen) atoms. The number of anilines is 2. The van der Waals surface area contributed by atoms with Crippen LogP contribution in [0.4, 0.5) is 11.4 Å². The molecule has 2 aromatic rings. The fraction of sp³-hybridized carbons (Fsp3) is 0.462. The third kappa shape index (κ3) is 5.66. The molecule has 2 aromatic carbocycles. The van der Waals surface area contributed by atoms with Gasteiger partial charge in [-0.3, -0.25) is 9.59 Å². The molecule has 0 spiro atoms. The molecule has 1 fully saturated rings. The quantitative estimate of drug-likeness (QED) is 0.660. The molecule has 5 nitrogen and oxygen atoms in total. The third-order valence-corrected chi connectivity index (χ3v) is 5.95. The van der Waals surface area contributed by atoms with Crippen LogP contribution in [0.3, 0.4) is 0 Å². The summed E-state index contributed by atoms with van der Waals surface area (Å²) in [6.45, 7) is 12.4. The van der Waals surface area contributed by atoms with E-state index in [-0.39, 0.29) is 23.3 Å². The molecule has 1 aliphatic rings. The molecule has 1 heterocycles. The average Bonchev–Trinajstić information content (AvgIpc) is 3.27. The molecule has 0 bridgehead atoms. The van der Waals surface area contributed by atoms with Crippen molar-refractivity contribution in [2.24, 2.45) is 0 Å². The number of carbonyl (C=O) groups is 2. The number of hydrogen-bond acceptors (Lipinski definition) is 3. The lowest BCUT2D eigenvalue weighted by Crippen LogP contribution is -2.33. The van der Waals surface area contributed by atoms with Crippen LogP contribution >= 0.6 is 0 Å². The Morgan fingerprint density at radius 2 is 1.65 bits per heavy atom. The molecular formula is C26H35N3O2. The smallest absolute Gasteiger partial charge is 0.255 e. The first-order valence-corrected chi connectivity index (χ1v) is 11.3. The van der Waals surface area contributed by atoms with Gasteiger partial charge in [-0.2, -0.15) is 0 Å². The lowest BCUT2D eigenvalue weighted by molar-refractivity contribution is 0.0938. The van der Waals surface area contributed by atoms with Crippen LogP contribution in [0.5, 0.6) is 0 Å². The molecule has 1 aliphatic heterocycles. The van der Waals surface area contributed by atoms with E-state index < -0.39 is 0 Å². The van der Waals surface area contributed by atoms with Gasteiger partial charge in [-0.1, -0.05) is 39.8 Å². The van der Waals surface area contributed by atoms with Crippen molar-refractivity contribution in [3.8, 4) is 0 Å². The van der Waals surface area contributed by atoms with Gasteiger partial charge >= 0.3 is 0 Å². The second kappa shape index (κ2) is 9.54. The highest BCUT2D eigenvalue weighted by molar-refractivity contribution is 6.06. The van der Waals surface area contributed by atoms with Crippen LogP contribution in [0.25, 0.3) is 0 Å². The number of nitrogens with zero attached hydrogens (tertiary/aromatic N) is 1. The Hall–Kier alpha value is -2.82. The second-order valence-electron chi connectivity index (χ2n) is 9.49. The summed E-state index contributed by atoms with van der Waals surface area (Å²) in [5.41, 5.74) is 4.00. The number of benzene rings is 2. The lowest BCUT2D eigenvalue weighted by Gasteiger charge is -2.23. The molecule has 1 saturated heterocycles. The molecule has 5 heteroatoms. The van der Waals surface area contributed by atoms with Crippen LogP contribution in [-0.4, -0.2) is 30.9 Å². The van der Waals surface area contributed by atoms with E-state index in [1.807, 2.05) is 50.2 Å². The maximum Gasteiger partial charge on any atom is 0.255 e. The van der Waals surface area contributed by atoms with Gasteiger partial charge in [0.1, 0.15) is 0 Å². The number of nitrogens with one attached hydrogen (secondary N) is 2. The summed E-state index contributed by atoms with van der Waals surface area (Å²) in [5, 5.41) is 6.02. The first-order chi connectivity index (χ1) is 14.7. The Bertz CT molecular complexity index is 923. The third-order valence-electron chi connectivity index (χ3n) is 5.95. The summed E-state index contributed by atoms with van der Waals surface area (Å²) in [6.07, 6.45) is 3.14. The van der Waals surface area contributed by atoms with E-state index >= 15 is 0 Å². The molecule has 0 aliphatic carbocycles. The van der Waals surface area contributed by atoms with Gasteiger partial charge in [0.05, 0.1) is 5.56 Å². The topological polar surface area (TPSA) is 61.4 Å². The molecular weight excluding hydrogens is 386 g/mol. The second-order valence-corrected chi connectivity index (χ2v) is 9.49. The Morgan fingerprint density at radius 3 is 2.23 bits per heavy atom. The molecule has 0 unspecified atom stereocenters. The van der Waals surface area contributed by atoms with Crippen LogP contribution in [0.2, 0.25) is 0 Å². The van der Waals surface area contributed by atoms with Crippen molar-refractivity contribution in [1.29, 1.82) is 0 Å².